The van der Waals surface area contributed by atoms with Crippen LogP contribution in [-0.4, -0.2) is 34.6 Å². The number of para-hydroxylation sites is 1. The van der Waals surface area contributed by atoms with Gasteiger partial charge < -0.3 is 0 Å². The van der Waals surface area contributed by atoms with E-state index in [-0.39, 0.29) is 17.2 Å². The molecule has 0 aromatic heterocycles. The molecule has 0 atom stereocenters. The normalized spacial score (nSPS) is 21.5. The molecule has 2 heterocycles. The molecule has 1 aromatic carbocycles. The summed E-state index contributed by atoms with van der Waals surface area (Å²) >= 11 is 0. The molecule has 1 aliphatic carbocycles. The van der Waals surface area contributed by atoms with Crippen LogP contribution < -0.4 is 4.90 Å². The number of benzene rings is 1. The van der Waals surface area contributed by atoms with Crippen LogP contribution in [0.4, 0.5) is 5.69 Å². The van der Waals surface area contributed by atoms with Gasteiger partial charge in [-0.15, -0.1) is 0 Å². The second-order valence-corrected chi connectivity index (χ2v) is 6.74. The fourth-order valence-corrected chi connectivity index (χ4v) is 3.85. The molecule has 1 fully saturated rings. The Labute approximate surface area is 150 Å². The van der Waals surface area contributed by atoms with Crippen LogP contribution in [0.1, 0.15) is 32.1 Å². The van der Waals surface area contributed by atoms with Crippen LogP contribution in [0, 0.1) is 0 Å². The molecule has 0 bridgehead atoms. The smallest absolute Gasteiger partial charge is 0.266 e. The average Bonchev–Trinajstić information content (AvgIpc) is 3.11. The number of anilines is 1. The standard InChI is InChI=1S/C20H18N2O4/c23-17-11-15(19(25)21(17)13-7-3-1-4-8-13)16-12-18(24)22(20(16)26)14-9-5-2-6-10-14/h1,3-4,7-8,11-12,14H,2,5-6,9-10H2. The maximum absolute atomic E-state index is 12.8. The van der Waals surface area contributed by atoms with Gasteiger partial charge in [-0.2, -0.15) is 0 Å². The van der Waals surface area contributed by atoms with Crippen LogP contribution in [-0.2, 0) is 19.2 Å². The lowest BCUT2D eigenvalue weighted by Gasteiger charge is -2.29. The quantitative estimate of drug-likeness (QED) is 0.783. The van der Waals surface area contributed by atoms with Gasteiger partial charge in [0.25, 0.3) is 23.6 Å². The first-order valence-corrected chi connectivity index (χ1v) is 8.82. The average molecular weight is 350 g/mol. The number of hydrogen-bond donors (Lipinski definition) is 0. The molecule has 0 unspecified atom stereocenters. The minimum absolute atomic E-state index is 0.00416. The van der Waals surface area contributed by atoms with E-state index in [1.807, 2.05) is 0 Å². The first kappa shape index (κ1) is 16.4. The Morgan fingerprint density at radius 1 is 0.731 bits per heavy atom. The van der Waals surface area contributed by atoms with Crippen molar-refractivity contribution in [2.75, 3.05) is 4.90 Å². The molecule has 6 nitrogen and oxygen atoms in total. The highest BCUT2D eigenvalue weighted by Gasteiger charge is 2.43. The number of imide groups is 2. The molecule has 4 rings (SSSR count). The molecule has 3 aliphatic rings. The van der Waals surface area contributed by atoms with Crippen molar-refractivity contribution in [3.63, 3.8) is 0 Å². The van der Waals surface area contributed by atoms with Crippen molar-refractivity contribution < 1.29 is 19.2 Å². The van der Waals surface area contributed by atoms with Crippen molar-refractivity contribution in [1.29, 1.82) is 0 Å². The molecule has 0 radical (unpaired) electrons. The second kappa shape index (κ2) is 6.37. The minimum atomic E-state index is -0.570. The van der Waals surface area contributed by atoms with Crippen LogP contribution in [0.2, 0.25) is 0 Å². The maximum atomic E-state index is 12.8. The van der Waals surface area contributed by atoms with Crippen molar-refractivity contribution in [1.82, 2.24) is 4.90 Å². The topological polar surface area (TPSA) is 74.8 Å². The van der Waals surface area contributed by atoms with E-state index in [0.717, 1.165) is 43.1 Å². The molecule has 1 saturated carbocycles. The molecule has 132 valence electrons. The van der Waals surface area contributed by atoms with Gasteiger partial charge in [0.2, 0.25) is 0 Å². The molecule has 0 saturated heterocycles. The van der Waals surface area contributed by atoms with Gasteiger partial charge >= 0.3 is 0 Å². The highest BCUT2D eigenvalue weighted by Crippen LogP contribution is 2.32. The van der Waals surface area contributed by atoms with Crippen LogP contribution in [0.3, 0.4) is 0 Å². The van der Waals surface area contributed by atoms with Crippen LogP contribution in [0.5, 0.6) is 0 Å². The number of amides is 4. The Morgan fingerprint density at radius 2 is 1.35 bits per heavy atom. The lowest BCUT2D eigenvalue weighted by Crippen LogP contribution is -2.42. The summed E-state index contributed by atoms with van der Waals surface area (Å²) in [5.41, 5.74) is 0.461. The summed E-state index contributed by atoms with van der Waals surface area (Å²) in [4.78, 5) is 52.5. The molecular weight excluding hydrogens is 332 g/mol. The van der Waals surface area contributed by atoms with Gasteiger partial charge in [0, 0.05) is 18.2 Å². The number of carbonyl (C=O) groups excluding carboxylic acids is 4. The van der Waals surface area contributed by atoms with Crippen molar-refractivity contribution in [3.05, 3.63) is 53.6 Å². The first-order valence-electron chi connectivity index (χ1n) is 8.82. The van der Waals surface area contributed by atoms with Gasteiger partial charge in [-0.3, -0.25) is 24.1 Å². The highest BCUT2D eigenvalue weighted by atomic mass is 16.2. The van der Waals surface area contributed by atoms with E-state index in [2.05, 4.69) is 0 Å². The predicted molar refractivity (Wildman–Crippen MR) is 93.8 cm³/mol. The largest absolute Gasteiger partial charge is 0.272 e. The molecule has 6 heteroatoms. The molecular formula is C20H18N2O4. The molecule has 0 spiro atoms. The zero-order valence-corrected chi connectivity index (χ0v) is 14.2. The highest BCUT2D eigenvalue weighted by molar-refractivity contribution is 6.36. The Hall–Kier alpha value is -3.02. The number of hydrogen-bond acceptors (Lipinski definition) is 4. The van der Waals surface area contributed by atoms with Gasteiger partial charge in [-0.1, -0.05) is 37.5 Å². The summed E-state index contributed by atoms with van der Waals surface area (Å²) < 4.78 is 0. The Balaban J connectivity index is 1.60. The van der Waals surface area contributed by atoms with E-state index in [4.69, 9.17) is 0 Å². The van der Waals surface area contributed by atoms with E-state index in [9.17, 15) is 19.2 Å². The van der Waals surface area contributed by atoms with E-state index in [1.165, 1.54) is 11.0 Å². The summed E-state index contributed by atoms with van der Waals surface area (Å²) in [6.07, 6.45) is 7.01. The lowest BCUT2D eigenvalue weighted by atomic mass is 9.94. The first-order chi connectivity index (χ1) is 12.6. The third kappa shape index (κ3) is 2.58. The van der Waals surface area contributed by atoms with Gasteiger partial charge in [-0.25, -0.2) is 4.90 Å². The van der Waals surface area contributed by atoms with E-state index >= 15 is 0 Å². The van der Waals surface area contributed by atoms with E-state index in [0.29, 0.717) is 5.69 Å². The Kier molecular flexibility index (Phi) is 4.03. The maximum Gasteiger partial charge on any atom is 0.266 e. The molecule has 0 N–H and O–H groups in total. The fourth-order valence-electron chi connectivity index (χ4n) is 3.85. The third-order valence-electron chi connectivity index (χ3n) is 5.12. The molecule has 4 amide bonds. The van der Waals surface area contributed by atoms with Crippen molar-refractivity contribution in [3.8, 4) is 0 Å². The number of nitrogens with zero attached hydrogens (tertiary/aromatic N) is 2. The zero-order valence-electron chi connectivity index (χ0n) is 14.2. The van der Waals surface area contributed by atoms with Gasteiger partial charge in [0.1, 0.15) is 0 Å². The third-order valence-corrected chi connectivity index (χ3v) is 5.12. The number of rotatable bonds is 3. The van der Waals surface area contributed by atoms with Crippen molar-refractivity contribution in [2.45, 2.75) is 38.1 Å². The summed E-state index contributed by atoms with van der Waals surface area (Å²) in [5, 5.41) is 0. The monoisotopic (exact) mass is 350 g/mol. The van der Waals surface area contributed by atoms with Crippen LogP contribution in [0.25, 0.3) is 0 Å². The summed E-state index contributed by atoms with van der Waals surface area (Å²) in [6, 6.07) is 8.42. The zero-order chi connectivity index (χ0) is 18.3. The Morgan fingerprint density at radius 3 is 2.04 bits per heavy atom. The van der Waals surface area contributed by atoms with Crippen molar-refractivity contribution >= 4 is 29.3 Å². The van der Waals surface area contributed by atoms with Crippen LogP contribution >= 0.6 is 0 Å². The number of carbonyl (C=O) groups is 4. The molecule has 26 heavy (non-hydrogen) atoms. The Bertz CT molecular complexity index is 863. The van der Waals surface area contributed by atoms with Gasteiger partial charge in [-0.05, 0) is 25.0 Å². The summed E-state index contributed by atoms with van der Waals surface area (Å²) in [5.74, 6) is -1.94. The summed E-state index contributed by atoms with van der Waals surface area (Å²) in [6.45, 7) is 0. The predicted octanol–water partition coefficient (Wildman–Crippen LogP) is 2.11. The van der Waals surface area contributed by atoms with E-state index in [1.54, 1.807) is 30.3 Å². The minimum Gasteiger partial charge on any atom is -0.272 e. The SMILES string of the molecule is O=C1C=C(C2=CC(=O)N(C3CCCCC3)C2=O)C(=O)N1c1ccccc1. The lowest BCUT2D eigenvalue weighted by molar-refractivity contribution is -0.140. The second-order valence-electron chi connectivity index (χ2n) is 6.74. The van der Waals surface area contributed by atoms with Gasteiger partial charge in [0.05, 0.1) is 16.8 Å². The fraction of sp³-hybridized carbons (Fsp3) is 0.300. The van der Waals surface area contributed by atoms with E-state index < -0.39 is 23.6 Å². The van der Waals surface area contributed by atoms with Crippen molar-refractivity contribution in [2.24, 2.45) is 0 Å². The van der Waals surface area contributed by atoms with Crippen LogP contribution in [0.15, 0.2) is 53.6 Å². The molecule has 2 aliphatic heterocycles. The van der Waals surface area contributed by atoms with Gasteiger partial charge in [0.15, 0.2) is 0 Å². The molecule has 1 aromatic rings. The summed E-state index contributed by atoms with van der Waals surface area (Å²) in [7, 11) is 0.